The molecule has 544 valence electrons. The molecule has 0 spiro atoms. The van der Waals surface area contributed by atoms with E-state index >= 15 is 0 Å². The van der Waals surface area contributed by atoms with Gasteiger partial charge in [0.05, 0.1) is 102 Å². The SMILES string of the molecule is N[CH-]CCC(=O)N[C@H](COP(=O)([O-])CC(CCC(=O)[O-])C(=O)[O-])C(=O)[O-].O=C([O-])CCC(CP(=O)([O-])OC[C@@H](NC(=O)CC[CH-]NC(=O)CCOCCOCCOCCOCCOC(=O)NCCC(=O)N1Cc2ccccc2C#Cc2ccccc21)C(=O)[O-])C(=O)[O-].O=C=O.O=C=O.[K+].[K+].[K+].[K+].[K+].[K+].[K+].[K+].[K+].[K+]. The maximum Gasteiger partial charge on any atom is 1.00 e. The van der Waals surface area contributed by atoms with Crippen LogP contribution in [0.3, 0.4) is 0 Å². The number of benzene rings is 2. The third-order valence-electron chi connectivity index (χ3n) is 12.2. The predicted octanol–water partition coefficient (Wildman–Crippen LogP) is -39.3. The number of nitrogens with one attached hydrogen (secondary N) is 4. The fraction of sp³-hybridized carbons (Fsp3) is 0.500. The molecular formula is C58H70K10N6O32P2. The number of nitrogens with zero attached hydrogens (tertiary/aromatic N) is 1. The van der Waals surface area contributed by atoms with Crippen LogP contribution in [-0.4, -0.2) is 181 Å². The molecule has 1 heterocycles. The summed E-state index contributed by atoms with van der Waals surface area (Å²) in [6.45, 7) is 2.46. The van der Waals surface area contributed by atoms with Crippen molar-refractivity contribution in [3.8, 4) is 11.8 Å². The zero-order valence-corrected chi connectivity index (χ0v) is 95.3. The Kier molecular flexibility index (Phi) is 112. The number of hydrogen-bond donors (Lipinski definition) is 5. The van der Waals surface area contributed by atoms with E-state index in [0.29, 0.717) is 12.2 Å². The van der Waals surface area contributed by atoms with Crippen LogP contribution in [0.2, 0.25) is 0 Å². The topological polar surface area (TPSA) is 617 Å². The van der Waals surface area contributed by atoms with Gasteiger partial charge in [0.25, 0.3) is 0 Å². The Hall–Kier alpha value is 7.19. The Bertz CT molecular complexity index is 3170. The standard InChI is InChI=1S/C43H56N4O18P.C13H22N2O10P.2CO2.10K/c48-37(44-17-5-10-38(49)46-35(42(55)56)29-65-66(58,59)30-34(41(53)54)13-14-40(51)52)16-19-60-20-21-61-22-23-62-24-25-63-26-27-64-43(57)45-18-15-39(50)47-28-33-8-2-1-6-31(33)11-12-32-7-3-4-9-36(32)47;14-5-1-2-10(16)15-9(13(21)22)6-25-26(23,24)7-8(12(19)20)3-4-11(17)18;2*2-1-3;;;;;;;;;;/h1-4,6-9,17,34-35H,5,10,13-16,18-30H2,(H,44,48)(H,45,57)(H,46,49)(H,51,52)(H,53,54)(H,55,56)(H,58,59);5,8-9H,1-4,6-7,14H2,(H,15,16)(H,17,18)(H,19,20)(H,21,22)(H,23,24);;;;;;;;;;;;/q2*-1;;;10*+1/p-8/t34?,35-;8?,9-;;;;;;;;;;;;/m11............/s1. The number of carbonyl (C=O) groups is 11. The number of carboxylic acid groups (broad SMARTS) is 6. The summed E-state index contributed by atoms with van der Waals surface area (Å²) in [5, 5.41) is 74.2. The molecule has 3 rings (SSSR count). The first kappa shape index (κ1) is 138. The molecule has 0 aliphatic carbocycles. The molecule has 5 amide bonds. The fourth-order valence-corrected chi connectivity index (χ4v) is 10.2. The van der Waals surface area contributed by atoms with Gasteiger partial charge >= 0.3 is 532 Å². The predicted molar refractivity (Wildman–Crippen MR) is 308 cm³/mol. The van der Waals surface area contributed by atoms with Gasteiger partial charge < -0.3 is 143 Å². The Morgan fingerprint density at radius 1 is 0.509 bits per heavy atom. The zero-order valence-electron chi connectivity index (χ0n) is 62.2. The third-order valence-corrected chi connectivity index (χ3v) is 15.1. The van der Waals surface area contributed by atoms with Gasteiger partial charge in [-0.05, 0) is 49.4 Å². The Balaban J connectivity index is -0.000000211. The van der Waals surface area contributed by atoms with E-state index in [-0.39, 0.29) is 637 Å². The summed E-state index contributed by atoms with van der Waals surface area (Å²) in [7, 11) is -9.88. The molecule has 50 heteroatoms. The molecule has 1 aliphatic rings. The summed E-state index contributed by atoms with van der Waals surface area (Å²) in [6.07, 6.45) is -5.44. The van der Waals surface area contributed by atoms with Gasteiger partial charge in [-0.15, -0.1) is 0 Å². The molecule has 0 saturated carbocycles. The van der Waals surface area contributed by atoms with Crippen molar-refractivity contribution in [2.45, 2.75) is 82.8 Å². The molecule has 6 atom stereocenters. The van der Waals surface area contributed by atoms with Gasteiger partial charge in [0, 0.05) is 91.4 Å². The van der Waals surface area contributed by atoms with Crippen molar-refractivity contribution in [3.05, 3.63) is 78.3 Å². The first-order valence-corrected chi connectivity index (χ1v) is 32.5. The van der Waals surface area contributed by atoms with Crippen molar-refractivity contribution in [3.63, 3.8) is 0 Å². The number of carbonyl (C=O) groups excluding carboxylic acids is 15. The minimum Gasteiger partial charge on any atom is -0.778 e. The normalized spacial score (nSPS) is 12.1. The molecular weight excluding hydrogens is 1750 g/mol. The molecule has 6 N–H and O–H groups in total. The minimum absolute atomic E-state index is 0. The molecule has 0 aromatic heterocycles. The molecule has 1 aliphatic heterocycles. The number of para-hydroxylation sites is 1. The molecule has 0 fully saturated rings. The number of amides is 5. The molecule has 0 saturated heterocycles. The second kappa shape index (κ2) is 87.7. The molecule has 4 unspecified atom stereocenters. The summed E-state index contributed by atoms with van der Waals surface area (Å²) in [5.74, 6) is -9.88. The largest absolute Gasteiger partial charge is 1.00 e. The molecule has 2 aromatic rings. The molecule has 38 nitrogen and oxygen atoms in total. The fourth-order valence-electron chi connectivity index (χ4n) is 7.50. The number of fused-ring (bicyclic) bond motifs is 2. The van der Waals surface area contributed by atoms with Crippen LogP contribution in [0, 0.1) is 36.8 Å². The van der Waals surface area contributed by atoms with Crippen LogP contribution >= 0.6 is 15.2 Å². The van der Waals surface area contributed by atoms with Crippen LogP contribution in [0.15, 0.2) is 48.5 Å². The van der Waals surface area contributed by atoms with Crippen LogP contribution in [0.4, 0.5) is 10.5 Å². The maximum absolute atomic E-state index is 13.3. The summed E-state index contributed by atoms with van der Waals surface area (Å²) < 4.78 is 59.6. The third kappa shape index (κ3) is 75.7. The minimum atomic E-state index is -5.01. The number of nitrogens with two attached hydrogens (primary N) is 1. The average molecular weight is 1820 g/mol. The Labute approximate surface area is 1050 Å². The number of alkyl carbamates (subject to hydrolysis) is 1. The van der Waals surface area contributed by atoms with Gasteiger partial charge in [-0.25, -0.2) is 11.3 Å². The quantitative estimate of drug-likeness (QED) is 0.0135. The number of carboxylic acids is 6. The van der Waals surface area contributed by atoms with E-state index in [0.717, 1.165) is 16.7 Å². The summed E-state index contributed by atoms with van der Waals surface area (Å²) in [6, 6.07) is 11.4. The van der Waals surface area contributed by atoms with Crippen molar-refractivity contribution in [1.29, 1.82) is 0 Å². The van der Waals surface area contributed by atoms with Crippen molar-refractivity contribution < 1.29 is 668 Å². The summed E-state index contributed by atoms with van der Waals surface area (Å²) in [5.41, 5.74) is 8.30. The first-order chi connectivity index (χ1) is 46.5. The number of aliphatic carboxylic acids is 6. The van der Waals surface area contributed by atoms with E-state index in [1.807, 2.05) is 59.2 Å². The van der Waals surface area contributed by atoms with Gasteiger partial charge in [0.2, 0.25) is 17.7 Å². The van der Waals surface area contributed by atoms with E-state index in [1.54, 1.807) is 4.90 Å². The van der Waals surface area contributed by atoms with E-state index in [1.165, 1.54) is 13.1 Å². The molecule has 0 bridgehead atoms. The van der Waals surface area contributed by atoms with Crippen molar-refractivity contribution in [2.24, 2.45) is 17.6 Å². The van der Waals surface area contributed by atoms with Crippen LogP contribution in [0.1, 0.15) is 80.9 Å². The number of hydrogen-bond acceptors (Lipinski definition) is 33. The summed E-state index contributed by atoms with van der Waals surface area (Å²) >= 11 is 0. The van der Waals surface area contributed by atoms with Crippen molar-refractivity contribution in [2.75, 3.05) is 96.4 Å². The van der Waals surface area contributed by atoms with Crippen LogP contribution in [0.25, 0.3) is 0 Å². The Morgan fingerprint density at radius 3 is 1.31 bits per heavy atom. The van der Waals surface area contributed by atoms with Gasteiger partial charge in [-0.1, -0.05) is 42.2 Å². The van der Waals surface area contributed by atoms with Crippen molar-refractivity contribution >= 4 is 98.7 Å². The van der Waals surface area contributed by atoms with E-state index < -0.39 is 150 Å². The molecule has 108 heavy (non-hydrogen) atoms. The Morgan fingerprint density at radius 2 is 0.898 bits per heavy atom. The number of rotatable bonds is 47. The average Bonchev–Trinajstić information content (AvgIpc) is 0.822. The van der Waals surface area contributed by atoms with Gasteiger partial charge in [-0.3, -0.25) is 25.7 Å². The molecule has 0 radical (unpaired) electrons. The van der Waals surface area contributed by atoms with Crippen LogP contribution in [0.5, 0.6) is 0 Å². The van der Waals surface area contributed by atoms with Gasteiger partial charge in [-0.2, -0.15) is 32.0 Å². The zero-order chi connectivity index (χ0) is 73.9. The first-order valence-electron chi connectivity index (χ1n) is 29.0. The number of anilines is 1. The molecule has 2 aromatic carbocycles. The number of ether oxygens (including phenoxy) is 5. The monoisotopic (exact) mass is 1810 g/mol. The maximum atomic E-state index is 13.3. The second-order valence-electron chi connectivity index (χ2n) is 19.6. The van der Waals surface area contributed by atoms with E-state index in [9.17, 15) is 102 Å². The second-order valence-corrected chi connectivity index (χ2v) is 23.3. The van der Waals surface area contributed by atoms with E-state index in [2.05, 4.69) is 31.5 Å². The van der Waals surface area contributed by atoms with Gasteiger partial charge in [0.1, 0.15) is 21.8 Å². The smallest absolute Gasteiger partial charge is 0.778 e. The van der Waals surface area contributed by atoms with Gasteiger partial charge in [0.15, 0.2) is 5.91 Å². The van der Waals surface area contributed by atoms with E-state index in [4.69, 9.17) is 48.6 Å². The van der Waals surface area contributed by atoms with Crippen LogP contribution in [-0.2, 0) is 116 Å². The summed E-state index contributed by atoms with van der Waals surface area (Å²) in [4.78, 5) is 184. The van der Waals surface area contributed by atoms with Crippen LogP contribution < -0.4 is 586 Å². The van der Waals surface area contributed by atoms with Crippen molar-refractivity contribution in [1.82, 2.24) is 21.3 Å².